The van der Waals surface area contributed by atoms with Crippen LogP contribution in [-0.2, 0) is 0 Å². The standard InChI is InChI=1S/C24H16F2O6/c1-29-16-7-4-6-15(11-16)23(28)30-17-9-10-18-20(13-17)31-21(22(18)27)12-14-5-2-3-8-19(14)32-24(25)26/h2-13,24H,1H3/b21-12-. The Morgan fingerprint density at radius 1 is 1.00 bits per heavy atom. The number of esters is 1. The zero-order valence-corrected chi connectivity index (χ0v) is 16.7. The number of alkyl halides is 2. The lowest BCUT2D eigenvalue weighted by Crippen LogP contribution is -2.08. The lowest BCUT2D eigenvalue weighted by atomic mass is 10.1. The first-order chi connectivity index (χ1) is 15.4. The highest BCUT2D eigenvalue weighted by atomic mass is 19.3. The van der Waals surface area contributed by atoms with E-state index in [-0.39, 0.29) is 39.7 Å². The number of para-hydroxylation sites is 1. The summed E-state index contributed by atoms with van der Waals surface area (Å²) in [4.78, 5) is 25.1. The summed E-state index contributed by atoms with van der Waals surface area (Å²) in [6.07, 6.45) is 1.32. The molecular formula is C24H16F2O6. The predicted octanol–water partition coefficient (Wildman–Crippen LogP) is 5.13. The number of ketones is 1. The summed E-state index contributed by atoms with van der Waals surface area (Å²) in [5.74, 6) is -0.332. The molecule has 0 spiro atoms. The van der Waals surface area contributed by atoms with Crippen LogP contribution in [0.1, 0.15) is 26.3 Å². The van der Waals surface area contributed by atoms with E-state index < -0.39 is 18.4 Å². The first kappa shape index (κ1) is 21.0. The molecule has 0 radical (unpaired) electrons. The average molecular weight is 438 g/mol. The van der Waals surface area contributed by atoms with Crippen LogP contribution in [-0.4, -0.2) is 25.5 Å². The van der Waals surface area contributed by atoms with E-state index in [9.17, 15) is 18.4 Å². The van der Waals surface area contributed by atoms with Gasteiger partial charge >= 0.3 is 12.6 Å². The van der Waals surface area contributed by atoms with Gasteiger partial charge in [0.25, 0.3) is 0 Å². The Labute approximate surface area is 181 Å². The topological polar surface area (TPSA) is 71.1 Å². The number of halogens is 2. The number of hydrogen-bond donors (Lipinski definition) is 0. The molecule has 6 nitrogen and oxygen atoms in total. The fourth-order valence-corrected chi connectivity index (χ4v) is 3.09. The molecule has 0 aliphatic carbocycles. The third-order valence-corrected chi connectivity index (χ3v) is 4.58. The van der Waals surface area contributed by atoms with Crippen LogP contribution in [0.2, 0.25) is 0 Å². The van der Waals surface area contributed by atoms with Gasteiger partial charge in [0.05, 0.1) is 18.2 Å². The maximum atomic E-state index is 12.7. The average Bonchev–Trinajstić information content (AvgIpc) is 3.09. The van der Waals surface area contributed by atoms with Gasteiger partial charge in [0.15, 0.2) is 5.76 Å². The van der Waals surface area contributed by atoms with Crippen molar-refractivity contribution in [1.29, 1.82) is 0 Å². The number of carbonyl (C=O) groups excluding carboxylic acids is 2. The third kappa shape index (κ3) is 4.44. The molecule has 0 aromatic heterocycles. The summed E-state index contributed by atoms with van der Waals surface area (Å²) >= 11 is 0. The Kier molecular flexibility index (Phi) is 5.85. The molecule has 0 fully saturated rings. The number of carbonyl (C=O) groups is 2. The molecule has 0 bridgehead atoms. The minimum absolute atomic E-state index is 0.0680. The second-order valence-corrected chi connectivity index (χ2v) is 6.64. The summed E-state index contributed by atoms with van der Waals surface area (Å²) in [6.45, 7) is -3.01. The molecule has 1 aliphatic heterocycles. The number of methoxy groups -OCH3 is 1. The Balaban J connectivity index is 1.55. The van der Waals surface area contributed by atoms with Crippen molar-refractivity contribution in [1.82, 2.24) is 0 Å². The van der Waals surface area contributed by atoms with Gasteiger partial charge in [0.2, 0.25) is 5.78 Å². The second-order valence-electron chi connectivity index (χ2n) is 6.64. The van der Waals surface area contributed by atoms with E-state index in [1.165, 1.54) is 55.7 Å². The van der Waals surface area contributed by atoms with E-state index in [0.717, 1.165) is 0 Å². The van der Waals surface area contributed by atoms with Gasteiger partial charge in [-0.2, -0.15) is 8.78 Å². The number of hydrogen-bond acceptors (Lipinski definition) is 6. The van der Waals surface area contributed by atoms with E-state index in [2.05, 4.69) is 4.74 Å². The first-order valence-electron chi connectivity index (χ1n) is 9.43. The fraction of sp³-hybridized carbons (Fsp3) is 0.0833. The van der Waals surface area contributed by atoms with Crippen LogP contribution in [0.25, 0.3) is 6.08 Å². The number of fused-ring (bicyclic) bond motifs is 1. The van der Waals surface area contributed by atoms with Crippen molar-refractivity contribution < 1.29 is 37.3 Å². The molecule has 32 heavy (non-hydrogen) atoms. The molecular weight excluding hydrogens is 422 g/mol. The van der Waals surface area contributed by atoms with Gasteiger partial charge in [-0.15, -0.1) is 0 Å². The zero-order valence-electron chi connectivity index (χ0n) is 16.7. The summed E-state index contributed by atoms with van der Waals surface area (Å²) in [5, 5.41) is 0. The van der Waals surface area contributed by atoms with Crippen molar-refractivity contribution in [3.05, 3.63) is 89.2 Å². The summed E-state index contributed by atoms with van der Waals surface area (Å²) < 4.78 is 45.8. The maximum absolute atomic E-state index is 12.7. The van der Waals surface area contributed by atoms with Gasteiger partial charge in [0.1, 0.15) is 23.0 Å². The smallest absolute Gasteiger partial charge is 0.387 e. The van der Waals surface area contributed by atoms with Crippen LogP contribution in [0, 0.1) is 0 Å². The fourth-order valence-electron chi connectivity index (χ4n) is 3.09. The van der Waals surface area contributed by atoms with Crippen molar-refractivity contribution in [3.8, 4) is 23.0 Å². The zero-order chi connectivity index (χ0) is 22.7. The Bertz CT molecular complexity index is 1220. The Hall–Kier alpha value is -4.20. The van der Waals surface area contributed by atoms with Crippen molar-refractivity contribution in [3.63, 3.8) is 0 Å². The van der Waals surface area contributed by atoms with Crippen molar-refractivity contribution in [2.75, 3.05) is 7.11 Å². The molecule has 0 unspecified atom stereocenters. The van der Waals surface area contributed by atoms with Gasteiger partial charge in [-0.05, 0) is 42.5 Å². The van der Waals surface area contributed by atoms with E-state index in [1.54, 1.807) is 24.3 Å². The van der Waals surface area contributed by atoms with Gasteiger partial charge in [0, 0.05) is 11.6 Å². The first-order valence-corrected chi connectivity index (χ1v) is 9.43. The molecule has 0 saturated heterocycles. The molecule has 162 valence electrons. The van der Waals surface area contributed by atoms with Crippen molar-refractivity contribution in [2.24, 2.45) is 0 Å². The van der Waals surface area contributed by atoms with E-state index in [4.69, 9.17) is 14.2 Å². The van der Waals surface area contributed by atoms with Crippen LogP contribution in [0.15, 0.2) is 72.5 Å². The second kappa shape index (κ2) is 8.89. The summed E-state index contributed by atoms with van der Waals surface area (Å²) in [7, 11) is 1.49. The van der Waals surface area contributed by atoms with Crippen LogP contribution in [0.5, 0.6) is 23.0 Å². The molecule has 0 amide bonds. The minimum Gasteiger partial charge on any atom is -0.497 e. The van der Waals surface area contributed by atoms with E-state index in [0.29, 0.717) is 5.75 Å². The molecule has 3 aromatic carbocycles. The molecule has 1 aliphatic rings. The van der Waals surface area contributed by atoms with Gasteiger partial charge in [-0.25, -0.2) is 4.79 Å². The van der Waals surface area contributed by atoms with Crippen LogP contribution < -0.4 is 18.9 Å². The monoisotopic (exact) mass is 438 g/mol. The lowest BCUT2D eigenvalue weighted by molar-refractivity contribution is -0.0500. The van der Waals surface area contributed by atoms with Crippen LogP contribution in [0.4, 0.5) is 8.78 Å². The molecule has 8 heteroatoms. The number of ether oxygens (including phenoxy) is 4. The Morgan fingerprint density at radius 3 is 2.59 bits per heavy atom. The largest absolute Gasteiger partial charge is 0.497 e. The van der Waals surface area contributed by atoms with Gasteiger partial charge in [-0.1, -0.05) is 24.3 Å². The quantitative estimate of drug-likeness (QED) is 0.302. The van der Waals surface area contributed by atoms with Crippen LogP contribution >= 0.6 is 0 Å². The van der Waals surface area contributed by atoms with Crippen molar-refractivity contribution in [2.45, 2.75) is 6.61 Å². The molecule has 0 saturated carbocycles. The molecule has 0 atom stereocenters. The number of Topliss-reactive ketones (excluding diaryl/α,β-unsaturated/α-hetero) is 1. The molecule has 3 aromatic rings. The van der Waals surface area contributed by atoms with E-state index >= 15 is 0 Å². The molecule has 1 heterocycles. The normalized spacial score (nSPS) is 13.6. The minimum atomic E-state index is -3.01. The number of benzene rings is 3. The maximum Gasteiger partial charge on any atom is 0.387 e. The number of allylic oxidation sites excluding steroid dienone is 1. The molecule has 0 N–H and O–H groups in total. The highest BCUT2D eigenvalue weighted by molar-refractivity contribution is 6.14. The summed E-state index contributed by atoms with van der Waals surface area (Å²) in [5.41, 5.74) is 0.802. The SMILES string of the molecule is COc1cccc(C(=O)Oc2ccc3c(c2)O/C(=C\c2ccccc2OC(F)F)C3=O)c1. The number of rotatable bonds is 6. The highest BCUT2D eigenvalue weighted by Gasteiger charge is 2.28. The predicted molar refractivity (Wildman–Crippen MR) is 110 cm³/mol. The van der Waals surface area contributed by atoms with Gasteiger partial charge < -0.3 is 18.9 Å². The molecule has 4 rings (SSSR count). The van der Waals surface area contributed by atoms with Crippen LogP contribution in [0.3, 0.4) is 0 Å². The van der Waals surface area contributed by atoms with Gasteiger partial charge in [-0.3, -0.25) is 4.79 Å². The van der Waals surface area contributed by atoms with E-state index in [1.807, 2.05) is 0 Å². The summed E-state index contributed by atoms with van der Waals surface area (Å²) in [6, 6.07) is 16.9. The highest BCUT2D eigenvalue weighted by Crippen LogP contribution is 2.36. The lowest BCUT2D eigenvalue weighted by Gasteiger charge is -2.08. The Morgan fingerprint density at radius 2 is 1.81 bits per heavy atom. The van der Waals surface area contributed by atoms with Crippen molar-refractivity contribution >= 4 is 17.8 Å². The third-order valence-electron chi connectivity index (χ3n) is 4.58.